The van der Waals surface area contributed by atoms with Crippen LogP contribution in [0.5, 0.6) is 0 Å². The summed E-state index contributed by atoms with van der Waals surface area (Å²) in [7, 11) is -2.82. The molecule has 1 aliphatic rings. The molecule has 2 rings (SSSR count). The molecule has 1 atom stereocenters. The molecule has 0 aromatic carbocycles. The van der Waals surface area contributed by atoms with Gasteiger partial charge in [0.15, 0.2) is 9.84 Å². The molecule has 0 radical (unpaired) electrons. The van der Waals surface area contributed by atoms with E-state index < -0.39 is 9.84 Å². The number of hydrogen-bond acceptors (Lipinski definition) is 4. The van der Waals surface area contributed by atoms with Crippen LogP contribution in [-0.2, 0) is 22.9 Å². The van der Waals surface area contributed by atoms with Crippen LogP contribution >= 0.6 is 15.9 Å². The van der Waals surface area contributed by atoms with Gasteiger partial charge in [0.05, 0.1) is 27.4 Å². The molecule has 1 aliphatic heterocycles. The summed E-state index contributed by atoms with van der Waals surface area (Å²) < 4.78 is 25.7. The van der Waals surface area contributed by atoms with Crippen molar-refractivity contribution in [1.29, 1.82) is 0 Å². The van der Waals surface area contributed by atoms with Gasteiger partial charge in [0.2, 0.25) is 0 Å². The van der Waals surface area contributed by atoms with Gasteiger partial charge in [-0.25, -0.2) is 8.42 Å². The van der Waals surface area contributed by atoms with Crippen LogP contribution in [0.4, 0.5) is 0 Å². The lowest BCUT2D eigenvalue weighted by atomic mass is 10.2. The van der Waals surface area contributed by atoms with E-state index in [4.69, 9.17) is 0 Å². The number of aryl methyl sites for hydroxylation is 2. The fourth-order valence-electron chi connectivity index (χ4n) is 2.23. The normalized spacial score (nSPS) is 22.5. The second-order valence-electron chi connectivity index (χ2n) is 4.64. The molecule has 1 fully saturated rings. The van der Waals surface area contributed by atoms with Gasteiger partial charge in [-0.15, -0.1) is 0 Å². The number of halogens is 1. The van der Waals surface area contributed by atoms with Crippen molar-refractivity contribution in [3.8, 4) is 0 Å². The molecule has 7 heteroatoms. The molecule has 0 amide bonds. The van der Waals surface area contributed by atoms with Crippen molar-refractivity contribution in [1.82, 2.24) is 15.1 Å². The Balaban J connectivity index is 2.03. The minimum absolute atomic E-state index is 0.0717. The van der Waals surface area contributed by atoms with Gasteiger partial charge in [-0.1, -0.05) is 0 Å². The first-order chi connectivity index (χ1) is 8.43. The Bertz CT molecular complexity index is 539. The van der Waals surface area contributed by atoms with Crippen LogP contribution in [0.3, 0.4) is 0 Å². The van der Waals surface area contributed by atoms with E-state index in [1.54, 1.807) is 0 Å². The third-order valence-electron chi connectivity index (χ3n) is 3.24. The van der Waals surface area contributed by atoms with Gasteiger partial charge < -0.3 is 5.32 Å². The highest BCUT2D eigenvalue weighted by atomic mass is 79.9. The Morgan fingerprint density at radius 2 is 2.28 bits per heavy atom. The van der Waals surface area contributed by atoms with E-state index in [2.05, 4.69) is 26.3 Å². The van der Waals surface area contributed by atoms with Gasteiger partial charge in [0, 0.05) is 19.1 Å². The smallest absolute Gasteiger partial charge is 0.151 e. The summed E-state index contributed by atoms with van der Waals surface area (Å²) >= 11 is 3.53. The number of nitrogens with one attached hydrogen (secondary N) is 1. The molecule has 1 saturated heterocycles. The van der Waals surface area contributed by atoms with E-state index in [0.29, 0.717) is 18.7 Å². The number of aromatic nitrogens is 2. The molecule has 102 valence electrons. The Hall–Kier alpha value is -0.400. The van der Waals surface area contributed by atoms with Crippen molar-refractivity contribution in [2.24, 2.45) is 0 Å². The standard InChI is InChI=1S/C11H18BrN3O2S/c1-3-15-10(11(12)8(2)14-15)6-13-9-4-5-18(16,17)7-9/h9,13H,3-7H2,1-2H3. The zero-order chi connectivity index (χ0) is 13.3. The van der Waals surface area contributed by atoms with Crippen LogP contribution in [0.25, 0.3) is 0 Å². The molecule has 1 aromatic heterocycles. The molecular formula is C11H18BrN3O2S. The lowest BCUT2D eigenvalue weighted by Gasteiger charge is -2.12. The quantitative estimate of drug-likeness (QED) is 0.899. The Kier molecular flexibility index (Phi) is 4.13. The van der Waals surface area contributed by atoms with Gasteiger partial charge in [-0.05, 0) is 36.2 Å². The van der Waals surface area contributed by atoms with Crippen molar-refractivity contribution in [2.75, 3.05) is 11.5 Å². The summed E-state index contributed by atoms with van der Waals surface area (Å²) in [4.78, 5) is 0. The third-order valence-corrected chi connectivity index (χ3v) is 6.04. The highest BCUT2D eigenvalue weighted by Gasteiger charge is 2.27. The summed E-state index contributed by atoms with van der Waals surface area (Å²) in [6.45, 7) is 5.46. The number of rotatable bonds is 4. The van der Waals surface area contributed by atoms with Crippen LogP contribution in [0.15, 0.2) is 4.47 Å². The fourth-order valence-corrected chi connectivity index (χ4v) is 4.37. The summed E-state index contributed by atoms with van der Waals surface area (Å²) in [5.41, 5.74) is 2.05. The molecule has 2 heterocycles. The number of hydrogen-bond donors (Lipinski definition) is 1. The van der Waals surface area contributed by atoms with Crippen LogP contribution in [0, 0.1) is 6.92 Å². The van der Waals surface area contributed by atoms with E-state index in [0.717, 1.165) is 22.4 Å². The van der Waals surface area contributed by atoms with Gasteiger partial charge >= 0.3 is 0 Å². The summed E-state index contributed by atoms with van der Waals surface area (Å²) in [6.07, 6.45) is 0.708. The molecule has 1 aromatic rings. The molecular weight excluding hydrogens is 318 g/mol. The molecule has 0 aliphatic carbocycles. The molecule has 0 spiro atoms. The van der Waals surface area contributed by atoms with E-state index in [9.17, 15) is 8.42 Å². The molecule has 5 nitrogen and oxygen atoms in total. The Morgan fingerprint density at radius 3 is 2.83 bits per heavy atom. The third kappa shape index (κ3) is 2.95. The largest absolute Gasteiger partial charge is 0.307 e. The molecule has 18 heavy (non-hydrogen) atoms. The predicted molar refractivity (Wildman–Crippen MR) is 74.2 cm³/mol. The van der Waals surface area contributed by atoms with Crippen molar-refractivity contribution in [3.63, 3.8) is 0 Å². The highest BCUT2D eigenvalue weighted by Crippen LogP contribution is 2.21. The van der Waals surface area contributed by atoms with Gasteiger partial charge in [0.1, 0.15) is 0 Å². The molecule has 0 saturated carbocycles. The topological polar surface area (TPSA) is 64.0 Å². The van der Waals surface area contributed by atoms with E-state index in [1.807, 2.05) is 18.5 Å². The molecule has 1 N–H and O–H groups in total. The van der Waals surface area contributed by atoms with Crippen LogP contribution in [0.1, 0.15) is 24.7 Å². The van der Waals surface area contributed by atoms with Crippen molar-refractivity contribution < 1.29 is 8.42 Å². The first-order valence-corrected chi connectivity index (χ1v) is 8.70. The lowest BCUT2D eigenvalue weighted by molar-refractivity contribution is 0.519. The maximum absolute atomic E-state index is 11.4. The average molecular weight is 336 g/mol. The minimum Gasteiger partial charge on any atom is -0.307 e. The zero-order valence-electron chi connectivity index (χ0n) is 10.6. The average Bonchev–Trinajstić information content (AvgIpc) is 2.78. The van der Waals surface area contributed by atoms with E-state index in [-0.39, 0.29) is 11.8 Å². The summed E-state index contributed by atoms with van der Waals surface area (Å²) in [5, 5.41) is 7.73. The van der Waals surface area contributed by atoms with Crippen LogP contribution < -0.4 is 5.32 Å². The fraction of sp³-hybridized carbons (Fsp3) is 0.727. The number of sulfone groups is 1. The summed E-state index contributed by atoms with van der Waals surface area (Å²) in [5.74, 6) is 0.557. The second kappa shape index (κ2) is 5.30. The first kappa shape index (κ1) is 14.0. The van der Waals surface area contributed by atoms with Gasteiger partial charge in [-0.2, -0.15) is 5.10 Å². The van der Waals surface area contributed by atoms with Crippen molar-refractivity contribution >= 4 is 25.8 Å². The highest BCUT2D eigenvalue weighted by molar-refractivity contribution is 9.10. The maximum Gasteiger partial charge on any atom is 0.151 e. The Morgan fingerprint density at radius 1 is 1.56 bits per heavy atom. The minimum atomic E-state index is -2.82. The second-order valence-corrected chi connectivity index (χ2v) is 7.66. The van der Waals surface area contributed by atoms with Crippen LogP contribution in [0.2, 0.25) is 0 Å². The van der Waals surface area contributed by atoms with Crippen molar-refractivity contribution in [2.45, 2.75) is 39.4 Å². The first-order valence-electron chi connectivity index (χ1n) is 6.08. The van der Waals surface area contributed by atoms with Crippen molar-refractivity contribution in [3.05, 3.63) is 15.9 Å². The molecule has 1 unspecified atom stereocenters. The maximum atomic E-state index is 11.4. The van der Waals surface area contributed by atoms with Gasteiger partial charge in [0.25, 0.3) is 0 Å². The zero-order valence-corrected chi connectivity index (χ0v) is 13.0. The lowest BCUT2D eigenvalue weighted by Crippen LogP contribution is -2.30. The summed E-state index contributed by atoms with van der Waals surface area (Å²) in [6, 6.07) is 0.0717. The number of nitrogens with zero attached hydrogens (tertiary/aromatic N) is 2. The monoisotopic (exact) mass is 335 g/mol. The van der Waals surface area contributed by atoms with E-state index >= 15 is 0 Å². The van der Waals surface area contributed by atoms with Crippen LogP contribution in [-0.4, -0.2) is 35.7 Å². The Labute approximate surface area is 116 Å². The predicted octanol–water partition coefficient (Wildman–Crippen LogP) is 1.25. The van der Waals surface area contributed by atoms with E-state index in [1.165, 1.54) is 0 Å². The SMILES string of the molecule is CCn1nc(C)c(Br)c1CNC1CCS(=O)(=O)C1. The van der Waals surface area contributed by atoms with Gasteiger partial charge in [-0.3, -0.25) is 4.68 Å². The molecule has 0 bridgehead atoms.